The third-order valence-corrected chi connectivity index (χ3v) is 3.66. The van der Waals surface area contributed by atoms with Gasteiger partial charge in [0.15, 0.2) is 5.88 Å². The van der Waals surface area contributed by atoms with Crippen LogP contribution in [0.2, 0.25) is 0 Å². The Bertz CT molecular complexity index is 833. The minimum absolute atomic E-state index is 0.0579. The Morgan fingerprint density at radius 1 is 1.45 bits per heavy atom. The first kappa shape index (κ1) is 13.8. The predicted molar refractivity (Wildman–Crippen MR) is 78.4 cm³/mol. The number of amides is 3. The summed E-state index contributed by atoms with van der Waals surface area (Å²) in [6.07, 6.45) is 7.07. The first-order valence-corrected chi connectivity index (χ1v) is 6.46. The highest BCUT2D eigenvalue weighted by Crippen LogP contribution is 2.31. The molecular formula is C15H13N3O4. The number of nitrogens with one attached hydrogen (secondary N) is 2. The first-order valence-electron chi connectivity index (χ1n) is 6.46. The average Bonchev–Trinajstić information content (AvgIpc) is 2.96. The molecule has 1 aliphatic rings. The second-order valence-corrected chi connectivity index (χ2v) is 4.99. The van der Waals surface area contributed by atoms with Gasteiger partial charge in [0.2, 0.25) is 5.54 Å². The van der Waals surface area contributed by atoms with Gasteiger partial charge in [-0.25, -0.2) is 4.79 Å². The van der Waals surface area contributed by atoms with Gasteiger partial charge in [-0.2, -0.15) is 0 Å². The monoisotopic (exact) mass is 299 g/mol. The van der Waals surface area contributed by atoms with Crippen molar-refractivity contribution >= 4 is 22.7 Å². The first-order chi connectivity index (χ1) is 10.5. The molecule has 2 aromatic rings. The average molecular weight is 299 g/mol. The van der Waals surface area contributed by atoms with Crippen LogP contribution < -0.4 is 15.4 Å². The molecule has 3 rings (SSSR count). The second-order valence-electron chi connectivity index (χ2n) is 4.99. The van der Waals surface area contributed by atoms with Crippen LogP contribution in [0.15, 0.2) is 24.4 Å². The van der Waals surface area contributed by atoms with Crippen molar-refractivity contribution in [2.45, 2.75) is 12.1 Å². The van der Waals surface area contributed by atoms with Gasteiger partial charge in [-0.05, 0) is 18.2 Å². The number of fused-ring (bicyclic) bond motifs is 1. The molecule has 0 aliphatic carbocycles. The van der Waals surface area contributed by atoms with Crippen molar-refractivity contribution in [2.24, 2.45) is 0 Å². The Morgan fingerprint density at radius 3 is 2.82 bits per heavy atom. The zero-order valence-electron chi connectivity index (χ0n) is 11.7. The third kappa shape index (κ3) is 1.93. The summed E-state index contributed by atoms with van der Waals surface area (Å²) < 4.78 is 6.54. The molecule has 1 aliphatic heterocycles. The topological polar surface area (TPSA) is 92.6 Å². The molecule has 3 amide bonds. The Hall–Kier alpha value is -3.14. The number of benzene rings is 1. The van der Waals surface area contributed by atoms with E-state index < -0.39 is 17.5 Å². The number of urea groups is 1. The Morgan fingerprint density at radius 2 is 2.23 bits per heavy atom. The number of rotatable bonds is 3. The molecule has 1 aromatic carbocycles. The lowest BCUT2D eigenvalue weighted by atomic mass is 10.0. The van der Waals surface area contributed by atoms with Crippen LogP contribution in [-0.4, -0.2) is 34.3 Å². The molecular weight excluding hydrogens is 286 g/mol. The number of nitrogens with zero attached hydrogens (tertiary/aromatic N) is 1. The quantitative estimate of drug-likeness (QED) is 0.570. The van der Waals surface area contributed by atoms with Crippen molar-refractivity contribution in [1.82, 2.24) is 15.2 Å². The van der Waals surface area contributed by atoms with Crippen molar-refractivity contribution in [2.75, 3.05) is 7.11 Å². The van der Waals surface area contributed by atoms with E-state index in [1.807, 2.05) is 0 Å². The lowest BCUT2D eigenvalue weighted by molar-refractivity contribution is -0.122. The fourth-order valence-electron chi connectivity index (χ4n) is 2.48. The summed E-state index contributed by atoms with van der Waals surface area (Å²) >= 11 is 0. The summed E-state index contributed by atoms with van der Waals surface area (Å²) in [5.74, 6) is 2.22. The van der Waals surface area contributed by atoms with Gasteiger partial charge in [-0.15, -0.1) is 6.42 Å². The molecule has 112 valence electrons. The number of carbonyl (C=O) groups is 2. The summed E-state index contributed by atoms with van der Waals surface area (Å²) in [4.78, 5) is 23.2. The number of ether oxygens (including phenoxy) is 1. The minimum atomic E-state index is -1.52. The van der Waals surface area contributed by atoms with Gasteiger partial charge >= 0.3 is 6.03 Å². The number of terminal acetylenes is 1. The van der Waals surface area contributed by atoms with Crippen molar-refractivity contribution in [3.8, 4) is 24.0 Å². The fraction of sp³-hybridized carbons (Fsp3) is 0.200. The highest BCUT2D eigenvalue weighted by Gasteiger charge is 2.45. The molecule has 0 unspecified atom stereocenters. The highest BCUT2D eigenvalue weighted by molar-refractivity contribution is 6.09. The Labute approximate surface area is 125 Å². The molecule has 1 atom stereocenters. The summed E-state index contributed by atoms with van der Waals surface area (Å²) in [5.41, 5.74) is -1.52. The molecule has 1 aromatic heterocycles. The van der Waals surface area contributed by atoms with E-state index in [0.717, 1.165) is 5.39 Å². The number of aromatic hydroxyl groups is 1. The van der Waals surface area contributed by atoms with Crippen LogP contribution in [0, 0.1) is 12.3 Å². The van der Waals surface area contributed by atoms with Crippen molar-refractivity contribution in [3.63, 3.8) is 0 Å². The third-order valence-electron chi connectivity index (χ3n) is 3.66. The van der Waals surface area contributed by atoms with Crippen LogP contribution in [0.3, 0.4) is 0 Å². The summed E-state index contributed by atoms with van der Waals surface area (Å²) in [6, 6.07) is 4.56. The predicted octanol–water partition coefficient (Wildman–Crippen LogP) is 0.567. The fourth-order valence-corrected chi connectivity index (χ4v) is 2.48. The zero-order valence-corrected chi connectivity index (χ0v) is 11.7. The van der Waals surface area contributed by atoms with E-state index in [9.17, 15) is 14.7 Å². The molecule has 3 N–H and O–H groups in total. The van der Waals surface area contributed by atoms with Crippen molar-refractivity contribution in [3.05, 3.63) is 24.4 Å². The van der Waals surface area contributed by atoms with E-state index in [1.165, 1.54) is 11.7 Å². The van der Waals surface area contributed by atoms with E-state index in [0.29, 0.717) is 11.1 Å². The van der Waals surface area contributed by atoms with Gasteiger partial charge in [-0.1, -0.05) is 5.92 Å². The Kier molecular flexibility index (Phi) is 2.95. The molecule has 22 heavy (non-hydrogen) atoms. The molecule has 1 fully saturated rings. The maximum Gasteiger partial charge on any atom is 0.323 e. The minimum Gasteiger partial charge on any atom is -0.497 e. The molecule has 7 heteroatoms. The van der Waals surface area contributed by atoms with Crippen LogP contribution >= 0.6 is 0 Å². The number of hydrogen-bond acceptors (Lipinski definition) is 4. The number of aromatic nitrogens is 1. The lowest BCUT2D eigenvalue weighted by Gasteiger charge is -2.20. The maximum absolute atomic E-state index is 11.9. The largest absolute Gasteiger partial charge is 0.497 e. The molecule has 7 nitrogen and oxygen atoms in total. The van der Waals surface area contributed by atoms with E-state index in [4.69, 9.17) is 11.2 Å². The molecule has 1 saturated heterocycles. The van der Waals surface area contributed by atoms with Crippen LogP contribution in [0.25, 0.3) is 10.8 Å². The van der Waals surface area contributed by atoms with Gasteiger partial charge in [0, 0.05) is 17.0 Å². The summed E-state index contributed by atoms with van der Waals surface area (Å²) in [7, 11) is 1.53. The number of hydrogen-bond donors (Lipinski definition) is 3. The maximum atomic E-state index is 11.9. The van der Waals surface area contributed by atoms with E-state index in [2.05, 4.69) is 16.6 Å². The van der Waals surface area contributed by atoms with Gasteiger partial charge in [0.05, 0.1) is 13.7 Å². The van der Waals surface area contributed by atoms with Gasteiger partial charge in [0.1, 0.15) is 5.75 Å². The van der Waals surface area contributed by atoms with E-state index in [-0.39, 0.29) is 12.4 Å². The zero-order chi connectivity index (χ0) is 15.9. The summed E-state index contributed by atoms with van der Waals surface area (Å²) in [6.45, 7) is -0.0795. The normalized spacial score (nSPS) is 20.5. The van der Waals surface area contributed by atoms with Crippen LogP contribution in [0.5, 0.6) is 11.6 Å². The van der Waals surface area contributed by atoms with Gasteiger partial charge < -0.3 is 19.7 Å². The number of carbonyl (C=O) groups excluding carboxylic acids is 2. The summed E-state index contributed by atoms with van der Waals surface area (Å²) in [5, 5.41) is 16.2. The second kappa shape index (κ2) is 4.70. The molecule has 0 spiro atoms. The van der Waals surface area contributed by atoms with Crippen LogP contribution in [-0.2, 0) is 11.3 Å². The van der Waals surface area contributed by atoms with Crippen LogP contribution in [0.1, 0.15) is 0 Å². The smallest absolute Gasteiger partial charge is 0.323 e. The molecule has 0 saturated carbocycles. The number of methoxy groups -OCH3 is 1. The number of imide groups is 1. The van der Waals surface area contributed by atoms with Gasteiger partial charge in [-0.3, -0.25) is 10.1 Å². The van der Waals surface area contributed by atoms with E-state index >= 15 is 0 Å². The molecule has 0 bridgehead atoms. The van der Waals surface area contributed by atoms with Crippen molar-refractivity contribution in [1.29, 1.82) is 0 Å². The molecule has 2 heterocycles. The lowest BCUT2D eigenvalue weighted by Crippen LogP contribution is -2.48. The SMILES string of the molecule is C#C[C@]1(Cn2cc3ccc(OC)cc3c2O)NC(=O)NC1=O. The Balaban J connectivity index is 2.04. The van der Waals surface area contributed by atoms with E-state index in [1.54, 1.807) is 24.4 Å². The standard InChI is InChI=1S/C15H13N3O4/c1-3-15(13(20)16-14(21)17-15)8-18-7-9-4-5-10(22-2)6-11(9)12(18)19/h1,4-7,19H,8H2,2H3,(H2,16,17,20,21)/t15-/m1/s1. The van der Waals surface area contributed by atoms with Crippen LogP contribution in [0.4, 0.5) is 4.79 Å². The van der Waals surface area contributed by atoms with Crippen molar-refractivity contribution < 1.29 is 19.4 Å². The molecule has 0 radical (unpaired) electrons. The highest BCUT2D eigenvalue weighted by atomic mass is 16.5. The van der Waals surface area contributed by atoms with Gasteiger partial charge in [0.25, 0.3) is 5.91 Å².